The molecule has 0 saturated heterocycles. The van der Waals surface area contributed by atoms with Gasteiger partial charge in [-0.1, -0.05) is 46.4 Å². The smallest absolute Gasteiger partial charge is 0.205 e. The molecule has 0 heterocycles. The molecule has 0 aromatic rings. The van der Waals surface area contributed by atoms with Crippen LogP contribution in [-0.4, -0.2) is 41.6 Å². The lowest BCUT2D eigenvalue weighted by atomic mass is 9.62. The Morgan fingerprint density at radius 1 is 0.800 bits per heavy atom. The highest BCUT2D eigenvalue weighted by Gasteiger charge is 2.86. The monoisotopic (exact) mass is 358 g/mol. The van der Waals surface area contributed by atoms with E-state index in [0.29, 0.717) is 0 Å². The molecule has 4 rings (SSSR count). The van der Waals surface area contributed by atoms with Crippen molar-refractivity contribution >= 4 is 58.0 Å². The van der Waals surface area contributed by atoms with Gasteiger partial charge in [-0.2, -0.15) is 0 Å². The summed E-state index contributed by atoms with van der Waals surface area (Å²) in [6, 6.07) is 0. The first kappa shape index (κ1) is 14.0. The molecule has 4 aliphatic carbocycles. The van der Waals surface area contributed by atoms with E-state index in [1.165, 1.54) is 0 Å². The first-order valence-electron chi connectivity index (χ1n) is 6.29. The molecule has 2 N–H and O–H groups in total. The minimum Gasteiger partial charge on any atom is -0.385 e. The van der Waals surface area contributed by atoms with Crippen molar-refractivity contribution in [2.45, 2.75) is 32.7 Å². The van der Waals surface area contributed by atoms with Crippen LogP contribution in [0.15, 0.2) is 0 Å². The van der Waals surface area contributed by atoms with Crippen LogP contribution in [0.25, 0.3) is 0 Å². The van der Waals surface area contributed by atoms with E-state index in [2.05, 4.69) is 0 Å². The van der Waals surface area contributed by atoms with Crippen molar-refractivity contribution in [2.24, 2.45) is 23.7 Å². The molecule has 0 aromatic heterocycles. The van der Waals surface area contributed by atoms with Crippen molar-refractivity contribution in [1.82, 2.24) is 0 Å². The summed E-state index contributed by atoms with van der Waals surface area (Å²) in [6.07, 6.45) is 0.202. The Bertz CT molecular complexity index is 526. The average Bonchev–Trinajstić information content (AvgIpc) is 2.75. The van der Waals surface area contributed by atoms with E-state index in [1.54, 1.807) is 0 Å². The third kappa shape index (κ3) is 1.07. The van der Waals surface area contributed by atoms with E-state index >= 15 is 0 Å². The van der Waals surface area contributed by atoms with Crippen molar-refractivity contribution in [1.29, 1.82) is 0 Å². The standard InChI is InChI=1S/C12H10Cl4O4/c13-11(14)8(18)6-4-2-10(20)5(7(17)12(10,15)16)3(4)1-9(6,11)19/h3-6,19-20H,1-2H2/t3-,4-,5-,6-,9+,10+/m1/s1. The van der Waals surface area contributed by atoms with Crippen molar-refractivity contribution in [3.63, 3.8) is 0 Å². The van der Waals surface area contributed by atoms with Gasteiger partial charge in [-0.25, -0.2) is 0 Å². The quantitative estimate of drug-likeness (QED) is 0.638. The highest BCUT2D eigenvalue weighted by atomic mass is 35.5. The number of aliphatic hydroxyl groups is 2. The largest absolute Gasteiger partial charge is 0.385 e. The molecule has 110 valence electrons. The molecule has 4 nitrogen and oxygen atoms in total. The fourth-order valence-electron chi connectivity index (χ4n) is 4.85. The maximum Gasteiger partial charge on any atom is 0.205 e. The SMILES string of the molecule is O=C1[C@H]2[C@@H]3C[C@]4(O)[C@@H](C(=O)C4(Cl)Cl)[C@@H]3C[C@@]2(O)C1(Cl)Cl. The van der Waals surface area contributed by atoms with Gasteiger partial charge in [0.25, 0.3) is 0 Å². The van der Waals surface area contributed by atoms with Crippen LogP contribution >= 0.6 is 46.4 Å². The van der Waals surface area contributed by atoms with Gasteiger partial charge in [0, 0.05) is 0 Å². The molecular weight excluding hydrogens is 350 g/mol. The van der Waals surface area contributed by atoms with Crippen LogP contribution in [0.4, 0.5) is 0 Å². The maximum absolute atomic E-state index is 12.0. The van der Waals surface area contributed by atoms with Gasteiger partial charge in [0.1, 0.15) is 11.2 Å². The second-order valence-corrected chi connectivity index (χ2v) is 9.07. The van der Waals surface area contributed by atoms with Crippen LogP contribution in [0.3, 0.4) is 0 Å². The number of carbonyl (C=O) groups is 2. The highest BCUT2D eigenvalue weighted by Crippen LogP contribution is 2.74. The van der Waals surface area contributed by atoms with Crippen molar-refractivity contribution in [3.05, 3.63) is 0 Å². The molecule has 0 amide bonds. The van der Waals surface area contributed by atoms with Gasteiger partial charge < -0.3 is 10.2 Å². The summed E-state index contributed by atoms with van der Waals surface area (Å²) in [4.78, 5) is 24.1. The topological polar surface area (TPSA) is 74.6 Å². The molecule has 4 aliphatic rings. The van der Waals surface area contributed by atoms with Gasteiger partial charge in [0.05, 0.1) is 11.8 Å². The predicted molar refractivity (Wildman–Crippen MR) is 72.0 cm³/mol. The third-order valence-electron chi connectivity index (χ3n) is 5.80. The summed E-state index contributed by atoms with van der Waals surface area (Å²) in [5.41, 5.74) is -3.05. The third-order valence-corrected chi connectivity index (χ3v) is 7.85. The molecule has 0 unspecified atom stereocenters. The van der Waals surface area contributed by atoms with Crippen molar-refractivity contribution in [3.8, 4) is 0 Å². The molecule has 6 atom stereocenters. The van der Waals surface area contributed by atoms with E-state index < -0.39 is 43.3 Å². The van der Waals surface area contributed by atoms with Crippen LogP contribution in [0.2, 0.25) is 0 Å². The van der Waals surface area contributed by atoms with Crippen LogP contribution in [0.1, 0.15) is 12.8 Å². The fourth-order valence-corrected chi connectivity index (χ4v) is 6.09. The first-order valence-corrected chi connectivity index (χ1v) is 7.80. The molecule has 0 aromatic carbocycles. The van der Waals surface area contributed by atoms with Gasteiger partial charge >= 0.3 is 0 Å². The second-order valence-electron chi connectivity index (χ2n) is 6.42. The predicted octanol–water partition coefficient (Wildman–Crippen LogP) is 1.23. The zero-order valence-electron chi connectivity index (χ0n) is 9.95. The van der Waals surface area contributed by atoms with E-state index in [0.717, 1.165) is 0 Å². The lowest BCUT2D eigenvalue weighted by Crippen LogP contribution is -2.73. The average molecular weight is 360 g/mol. The van der Waals surface area contributed by atoms with Crippen LogP contribution in [0, 0.1) is 23.7 Å². The van der Waals surface area contributed by atoms with E-state index in [1.807, 2.05) is 0 Å². The minimum absolute atomic E-state index is 0.101. The fraction of sp³-hybridized carbons (Fsp3) is 0.833. The van der Waals surface area contributed by atoms with Gasteiger partial charge in [0.15, 0.2) is 11.6 Å². The summed E-state index contributed by atoms with van der Waals surface area (Å²) in [6.45, 7) is 0. The van der Waals surface area contributed by atoms with Gasteiger partial charge in [-0.15, -0.1) is 0 Å². The minimum atomic E-state index is -1.83. The van der Waals surface area contributed by atoms with E-state index in [4.69, 9.17) is 46.4 Å². The molecule has 4 fully saturated rings. The number of fused-ring (bicyclic) bond motifs is 5. The lowest BCUT2D eigenvalue weighted by molar-refractivity contribution is -0.168. The molecule has 4 saturated carbocycles. The molecule has 8 heteroatoms. The Morgan fingerprint density at radius 2 is 1.10 bits per heavy atom. The van der Waals surface area contributed by atoms with Crippen LogP contribution < -0.4 is 0 Å². The maximum atomic E-state index is 12.0. The lowest BCUT2D eigenvalue weighted by Gasteiger charge is -2.54. The molecule has 0 spiro atoms. The Hall–Kier alpha value is 0.420. The van der Waals surface area contributed by atoms with Gasteiger partial charge in [-0.05, 0) is 24.7 Å². The molecule has 0 radical (unpaired) electrons. The van der Waals surface area contributed by atoms with E-state index in [-0.39, 0.29) is 24.7 Å². The molecular formula is C12H10Cl4O4. The number of ketones is 2. The van der Waals surface area contributed by atoms with Crippen LogP contribution in [-0.2, 0) is 9.59 Å². The van der Waals surface area contributed by atoms with Gasteiger partial charge in [0.2, 0.25) is 8.67 Å². The zero-order chi connectivity index (χ0) is 14.9. The molecule has 20 heavy (non-hydrogen) atoms. The van der Waals surface area contributed by atoms with Gasteiger partial charge in [-0.3, -0.25) is 9.59 Å². The summed E-state index contributed by atoms with van der Waals surface area (Å²) < 4.78 is -3.65. The summed E-state index contributed by atoms with van der Waals surface area (Å²) >= 11 is 23.6. The first-order chi connectivity index (χ1) is 9.00. The van der Waals surface area contributed by atoms with E-state index in [9.17, 15) is 19.8 Å². The Balaban J connectivity index is 1.75. The van der Waals surface area contributed by atoms with Crippen molar-refractivity contribution < 1.29 is 19.8 Å². The second kappa shape index (κ2) is 3.34. The number of Topliss-reactive ketones (excluding diaryl/α,β-unsaturated/α-hetero) is 2. The number of rotatable bonds is 0. The number of hydrogen-bond donors (Lipinski definition) is 2. The Labute approximate surface area is 134 Å². The highest BCUT2D eigenvalue weighted by molar-refractivity contribution is 6.63. The summed E-state index contributed by atoms with van der Waals surface area (Å²) in [7, 11) is 0. The van der Waals surface area contributed by atoms with Crippen molar-refractivity contribution in [2.75, 3.05) is 0 Å². The van der Waals surface area contributed by atoms with Crippen LogP contribution in [0.5, 0.6) is 0 Å². The number of halogens is 4. The molecule has 0 aliphatic heterocycles. The normalized spacial score (nSPS) is 57.5. The number of alkyl halides is 4. The summed E-state index contributed by atoms with van der Waals surface area (Å²) in [5.74, 6) is -3.15. The number of hydrogen-bond acceptors (Lipinski definition) is 4. The Kier molecular flexibility index (Phi) is 2.34. The molecule has 0 bridgehead atoms. The Morgan fingerprint density at radius 3 is 1.40 bits per heavy atom. The zero-order valence-corrected chi connectivity index (χ0v) is 13.0. The summed E-state index contributed by atoms with van der Waals surface area (Å²) in [5, 5.41) is 21.1. The number of carbonyl (C=O) groups excluding carboxylic acids is 2.